The summed E-state index contributed by atoms with van der Waals surface area (Å²) in [6, 6.07) is 6.36. The van der Waals surface area contributed by atoms with Gasteiger partial charge in [0.1, 0.15) is 12.0 Å². The molecule has 2 unspecified atom stereocenters. The van der Waals surface area contributed by atoms with Gasteiger partial charge in [0, 0.05) is 18.2 Å². The Kier molecular flexibility index (Phi) is 2.27. The van der Waals surface area contributed by atoms with Crippen molar-refractivity contribution < 1.29 is 8.78 Å². The highest BCUT2D eigenvalue weighted by Crippen LogP contribution is 2.26. The number of halogens is 2. The zero-order valence-corrected chi connectivity index (χ0v) is 7.13. The molecule has 1 heterocycles. The third-order valence-electron chi connectivity index (χ3n) is 2.36. The van der Waals surface area contributed by atoms with Gasteiger partial charge in [0.05, 0.1) is 0 Å². The van der Waals surface area contributed by atoms with Crippen molar-refractivity contribution in [2.24, 2.45) is 0 Å². The van der Waals surface area contributed by atoms with Gasteiger partial charge in [-0.3, -0.25) is 0 Å². The van der Waals surface area contributed by atoms with Crippen LogP contribution in [0, 0.1) is 5.82 Å². The van der Waals surface area contributed by atoms with Crippen LogP contribution in [0.1, 0.15) is 18.0 Å². The Labute approximate surface area is 75.8 Å². The van der Waals surface area contributed by atoms with Gasteiger partial charge in [0.25, 0.3) is 0 Å². The van der Waals surface area contributed by atoms with E-state index in [0.29, 0.717) is 18.5 Å². The number of rotatable bonds is 1. The average molecular weight is 183 g/mol. The van der Waals surface area contributed by atoms with Crippen LogP contribution in [0.4, 0.5) is 8.78 Å². The van der Waals surface area contributed by atoms with Crippen molar-refractivity contribution in [3.8, 4) is 0 Å². The highest BCUT2D eigenvalue weighted by atomic mass is 19.1. The van der Waals surface area contributed by atoms with Crippen LogP contribution in [-0.2, 0) is 0 Å². The molecule has 0 bridgehead atoms. The first-order chi connectivity index (χ1) is 6.27. The minimum Gasteiger partial charge on any atom is -0.307 e. The van der Waals surface area contributed by atoms with Crippen LogP contribution >= 0.6 is 0 Å². The Morgan fingerprint density at radius 1 is 1.31 bits per heavy atom. The van der Waals surface area contributed by atoms with Gasteiger partial charge >= 0.3 is 0 Å². The normalized spacial score (nSPS) is 27.8. The van der Waals surface area contributed by atoms with Crippen molar-refractivity contribution in [1.82, 2.24) is 5.32 Å². The Morgan fingerprint density at radius 3 is 2.69 bits per heavy atom. The quantitative estimate of drug-likeness (QED) is 0.703. The molecule has 1 saturated heterocycles. The van der Waals surface area contributed by atoms with Crippen LogP contribution in [0.2, 0.25) is 0 Å². The number of benzene rings is 1. The van der Waals surface area contributed by atoms with Crippen LogP contribution in [-0.4, -0.2) is 12.7 Å². The molecule has 1 nitrogen and oxygen atoms in total. The molecule has 2 rings (SSSR count). The van der Waals surface area contributed by atoms with Crippen molar-refractivity contribution in [2.75, 3.05) is 6.54 Å². The molecule has 1 aliphatic rings. The minimum atomic E-state index is -0.843. The van der Waals surface area contributed by atoms with Crippen LogP contribution < -0.4 is 5.32 Å². The first kappa shape index (κ1) is 8.63. The van der Waals surface area contributed by atoms with Crippen molar-refractivity contribution >= 4 is 0 Å². The summed E-state index contributed by atoms with van der Waals surface area (Å²) in [6.45, 7) is 0.332. The lowest BCUT2D eigenvalue weighted by Gasteiger charge is -2.10. The molecular weight excluding hydrogens is 172 g/mol. The number of hydrogen-bond donors (Lipinski definition) is 1. The minimum absolute atomic E-state index is 0.156. The zero-order valence-electron chi connectivity index (χ0n) is 7.13. The summed E-state index contributed by atoms with van der Waals surface area (Å²) in [6.07, 6.45) is -0.467. The number of hydrogen-bond acceptors (Lipinski definition) is 1. The van der Waals surface area contributed by atoms with E-state index in [1.54, 1.807) is 18.2 Å². The first-order valence-corrected chi connectivity index (χ1v) is 4.39. The van der Waals surface area contributed by atoms with E-state index in [1.807, 2.05) is 0 Å². The van der Waals surface area contributed by atoms with E-state index in [0.717, 1.165) is 0 Å². The monoisotopic (exact) mass is 183 g/mol. The second-order valence-corrected chi connectivity index (χ2v) is 3.32. The van der Waals surface area contributed by atoms with Gasteiger partial charge in [-0.15, -0.1) is 0 Å². The van der Waals surface area contributed by atoms with E-state index >= 15 is 0 Å². The second kappa shape index (κ2) is 3.42. The van der Waals surface area contributed by atoms with Gasteiger partial charge < -0.3 is 5.32 Å². The molecular formula is C10H11F2N. The topological polar surface area (TPSA) is 12.0 Å². The molecule has 13 heavy (non-hydrogen) atoms. The maximum absolute atomic E-state index is 13.2. The maximum Gasteiger partial charge on any atom is 0.127 e. The van der Waals surface area contributed by atoms with Crippen LogP contribution in [0.5, 0.6) is 0 Å². The maximum atomic E-state index is 13.2. The second-order valence-electron chi connectivity index (χ2n) is 3.32. The summed E-state index contributed by atoms with van der Waals surface area (Å²) in [7, 11) is 0. The van der Waals surface area contributed by atoms with Gasteiger partial charge in [-0.1, -0.05) is 18.2 Å². The summed E-state index contributed by atoms with van der Waals surface area (Å²) in [4.78, 5) is 0. The Hall–Kier alpha value is -0.960. The molecule has 0 radical (unpaired) electrons. The summed E-state index contributed by atoms with van der Waals surface area (Å²) in [5, 5.41) is 2.95. The van der Waals surface area contributed by atoms with Crippen molar-refractivity contribution in [3.05, 3.63) is 35.6 Å². The summed E-state index contributed by atoms with van der Waals surface area (Å²) in [5.74, 6) is -0.255. The summed E-state index contributed by atoms with van der Waals surface area (Å²) >= 11 is 0. The fourth-order valence-corrected chi connectivity index (χ4v) is 1.69. The molecule has 1 aromatic carbocycles. The van der Waals surface area contributed by atoms with Gasteiger partial charge in [-0.05, 0) is 12.5 Å². The van der Waals surface area contributed by atoms with Crippen molar-refractivity contribution in [3.63, 3.8) is 0 Å². The van der Waals surface area contributed by atoms with E-state index in [1.165, 1.54) is 6.07 Å². The Morgan fingerprint density at radius 2 is 2.08 bits per heavy atom. The summed E-state index contributed by atoms with van der Waals surface area (Å²) < 4.78 is 26.0. The molecule has 70 valence electrons. The predicted molar refractivity (Wildman–Crippen MR) is 46.7 cm³/mol. The lowest BCUT2D eigenvalue weighted by atomic mass is 10.0. The zero-order chi connectivity index (χ0) is 9.26. The van der Waals surface area contributed by atoms with E-state index in [4.69, 9.17) is 0 Å². The van der Waals surface area contributed by atoms with Crippen molar-refractivity contribution in [1.29, 1.82) is 0 Å². The number of alkyl halides is 1. The lowest BCUT2D eigenvalue weighted by Crippen LogP contribution is -2.14. The molecule has 0 aliphatic carbocycles. The van der Waals surface area contributed by atoms with Crippen LogP contribution in [0.15, 0.2) is 24.3 Å². The molecule has 0 saturated carbocycles. The first-order valence-electron chi connectivity index (χ1n) is 4.39. The summed E-state index contributed by atoms with van der Waals surface area (Å²) in [5.41, 5.74) is 0.572. The smallest absolute Gasteiger partial charge is 0.127 e. The number of nitrogens with one attached hydrogen (secondary N) is 1. The van der Waals surface area contributed by atoms with Gasteiger partial charge in [0.2, 0.25) is 0 Å². The van der Waals surface area contributed by atoms with Gasteiger partial charge in [0.15, 0.2) is 0 Å². The van der Waals surface area contributed by atoms with Crippen LogP contribution in [0.25, 0.3) is 0 Å². The molecule has 1 fully saturated rings. The van der Waals surface area contributed by atoms with E-state index in [2.05, 4.69) is 5.32 Å². The third kappa shape index (κ3) is 1.70. The predicted octanol–water partition coefficient (Wildman–Crippen LogP) is 2.20. The molecule has 2 atom stereocenters. The van der Waals surface area contributed by atoms with E-state index in [-0.39, 0.29) is 11.9 Å². The molecule has 3 heteroatoms. The fourth-order valence-electron chi connectivity index (χ4n) is 1.69. The molecule has 1 aliphatic heterocycles. The average Bonchev–Trinajstić information content (AvgIpc) is 2.53. The van der Waals surface area contributed by atoms with E-state index in [9.17, 15) is 8.78 Å². The van der Waals surface area contributed by atoms with Gasteiger partial charge in [-0.2, -0.15) is 0 Å². The fraction of sp³-hybridized carbons (Fsp3) is 0.400. The van der Waals surface area contributed by atoms with Gasteiger partial charge in [-0.25, -0.2) is 8.78 Å². The van der Waals surface area contributed by atoms with E-state index < -0.39 is 6.17 Å². The Bertz CT molecular complexity index is 301. The molecule has 0 aromatic heterocycles. The standard InChI is InChI=1S/C10H11F2N/c11-7-5-10(13-6-7)8-3-1-2-4-9(8)12/h1-4,7,10,13H,5-6H2. The Balaban J connectivity index is 2.21. The molecule has 1 aromatic rings. The molecule has 1 N–H and O–H groups in total. The van der Waals surface area contributed by atoms with Crippen molar-refractivity contribution in [2.45, 2.75) is 18.6 Å². The highest BCUT2D eigenvalue weighted by Gasteiger charge is 2.26. The largest absolute Gasteiger partial charge is 0.307 e. The SMILES string of the molecule is Fc1ccccc1C1CC(F)CN1. The third-order valence-corrected chi connectivity index (χ3v) is 2.36. The lowest BCUT2D eigenvalue weighted by molar-refractivity contribution is 0.355. The molecule has 0 spiro atoms. The van der Waals surface area contributed by atoms with Crippen LogP contribution in [0.3, 0.4) is 0 Å². The highest BCUT2D eigenvalue weighted by molar-refractivity contribution is 5.22. The molecule has 0 amide bonds.